The van der Waals surface area contributed by atoms with E-state index in [2.05, 4.69) is 13.8 Å². The van der Waals surface area contributed by atoms with Crippen LogP contribution in [0.1, 0.15) is 24.8 Å². The summed E-state index contributed by atoms with van der Waals surface area (Å²) < 4.78 is 10.5. The van der Waals surface area contributed by atoms with Gasteiger partial charge in [0, 0.05) is 0 Å². The van der Waals surface area contributed by atoms with E-state index >= 15 is 0 Å². The third-order valence-corrected chi connectivity index (χ3v) is 3.06. The number of hydrogen-bond donors (Lipinski definition) is 0. The molecule has 0 fully saturated rings. The fourth-order valence-electron chi connectivity index (χ4n) is 1.47. The quantitative estimate of drug-likeness (QED) is 0.700. The van der Waals surface area contributed by atoms with Crippen molar-refractivity contribution in [3.63, 3.8) is 0 Å². The Balaban J connectivity index is 2.28. The molecule has 0 amide bonds. The number of rotatable bonds is 2. The molecule has 2 rings (SSSR count). The van der Waals surface area contributed by atoms with Crippen LogP contribution < -0.4 is 9.47 Å². The topological polar surface area (TPSA) is 18.5 Å². The van der Waals surface area contributed by atoms with E-state index in [0.717, 1.165) is 17.1 Å². The Morgan fingerprint density at radius 2 is 1.93 bits per heavy atom. The van der Waals surface area contributed by atoms with E-state index in [1.54, 1.807) is 0 Å². The van der Waals surface area contributed by atoms with E-state index in [0.29, 0.717) is 12.7 Å². The van der Waals surface area contributed by atoms with E-state index in [1.165, 1.54) is 0 Å². The first-order valence-corrected chi connectivity index (χ1v) is 5.15. The molecule has 3 heteroatoms. The lowest BCUT2D eigenvalue weighted by molar-refractivity contribution is 0.174. The van der Waals surface area contributed by atoms with Crippen molar-refractivity contribution in [3.8, 4) is 11.5 Å². The average molecular weight is 213 g/mol. The molecule has 1 heterocycles. The van der Waals surface area contributed by atoms with Crippen LogP contribution in [0.2, 0.25) is 0 Å². The summed E-state index contributed by atoms with van der Waals surface area (Å²) in [5.41, 5.74) is 1.09. The van der Waals surface area contributed by atoms with Crippen molar-refractivity contribution in [2.75, 3.05) is 6.79 Å². The number of hydrogen-bond acceptors (Lipinski definition) is 2. The first-order valence-electron chi connectivity index (χ1n) is 4.72. The molecule has 1 aromatic rings. The molecule has 1 atom stereocenters. The monoisotopic (exact) mass is 212 g/mol. The van der Waals surface area contributed by atoms with Gasteiger partial charge in [-0.25, -0.2) is 0 Å². The highest BCUT2D eigenvalue weighted by atomic mass is 35.5. The molecule has 1 aliphatic rings. The van der Waals surface area contributed by atoms with Gasteiger partial charge in [-0.2, -0.15) is 0 Å². The van der Waals surface area contributed by atoms with Crippen LogP contribution in [0.3, 0.4) is 0 Å². The number of fused-ring (bicyclic) bond motifs is 1. The Labute approximate surface area is 88.8 Å². The number of ether oxygens (including phenoxy) is 2. The minimum absolute atomic E-state index is 0.0319. The van der Waals surface area contributed by atoms with Crippen molar-refractivity contribution >= 4 is 11.6 Å². The van der Waals surface area contributed by atoms with Crippen LogP contribution in [0.25, 0.3) is 0 Å². The van der Waals surface area contributed by atoms with Gasteiger partial charge >= 0.3 is 0 Å². The Kier molecular flexibility index (Phi) is 2.55. The van der Waals surface area contributed by atoms with Crippen LogP contribution in [0, 0.1) is 5.92 Å². The second-order valence-electron chi connectivity index (χ2n) is 3.76. The molecule has 2 nitrogen and oxygen atoms in total. The summed E-state index contributed by atoms with van der Waals surface area (Å²) in [7, 11) is 0. The molecule has 0 aromatic heterocycles. The summed E-state index contributed by atoms with van der Waals surface area (Å²) >= 11 is 6.25. The lowest BCUT2D eigenvalue weighted by Crippen LogP contribution is -1.98. The van der Waals surface area contributed by atoms with Crippen LogP contribution in [0.5, 0.6) is 11.5 Å². The number of benzene rings is 1. The standard InChI is InChI=1S/C11H13ClO2/c1-7(2)11(12)8-3-4-9-10(5-8)14-6-13-9/h3-5,7,11H,6H2,1-2H3. The van der Waals surface area contributed by atoms with Gasteiger partial charge < -0.3 is 9.47 Å². The lowest BCUT2D eigenvalue weighted by Gasteiger charge is -2.13. The van der Waals surface area contributed by atoms with Gasteiger partial charge in [0.1, 0.15) is 0 Å². The summed E-state index contributed by atoms with van der Waals surface area (Å²) in [6.07, 6.45) is 0. The molecule has 0 saturated heterocycles. The molecule has 0 aliphatic carbocycles. The first-order chi connectivity index (χ1) is 6.68. The first kappa shape index (κ1) is 9.66. The molecule has 0 radical (unpaired) electrons. The minimum atomic E-state index is 0.0319. The largest absolute Gasteiger partial charge is 0.454 e. The predicted octanol–water partition coefficient (Wildman–Crippen LogP) is 3.35. The molecule has 76 valence electrons. The summed E-state index contributed by atoms with van der Waals surface area (Å²) in [4.78, 5) is 0. The van der Waals surface area contributed by atoms with Crippen LogP contribution in [0.15, 0.2) is 18.2 Å². The highest BCUT2D eigenvalue weighted by molar-refractivity contribution is 6.21. The van der Waals surface area contributed by atoms with E-state index in [4.69, 9.17) is 21.1 Å². The molecule has 1 unspecified atom stereocenters. The fraction of sp³-hybridized carbons (Fsp3) is 0.455. The van der Waals surface area contributed by atoms with Crippen molar-refractivity contribution in [3.05, 3.63) is 23.8 Å². The molecule has 0 bridgehead atoms. The molecule has 1 aliphatic heterocycles. The Morgan fingerprint density at radius 3 is 2.64 bits per heavy atom. The zero-order valence-electron chi connectivity index (χ0n) is 8.29. The van der Waals surface area contributed by atoms with Gasteiger partial charge in [-0.15, -0.1) is 11.6 Å². The Hall–Kier alpha value is -0.890. The maximum Gasteiger partial charge on any atom is 0.231 e. The minimum Gasteiger partial charge on any atom is -0.454 e. The van der Waals surface area contributed by atoms with Gasteiger partial charge in [-0.05, 0) is 23.6 Å². The second-order valence-corrected chi connectivity index (χ2v) is 4.23. The van der Waals surface area contributed by atoms with Crippen molar-refractivity contribution in [1.29, 1.82) is 0 Å². The summed E-state index contributed by atoms with van der Waals surface area (Å²) in [6, 6.07) is 5.86. The SMILES string of the molecule is CC(C)C(Cl)c1ccc2c(c1)OCO2. The predicted molar refractivity (Wildman–Crippen MR) is 56.0 cm³/mol. The third kappa shape index (κ3) is 1.67. The maximum absolute atomic E-state index is 6.25. The molecule has 0 saturated carbocycles. The summed E-state index contributed by atoms with van der Waals surface area (Å²) in [5, 5.41) is 0.0319. The molecule has 1 aromatic carbocycles. The van der Waals surface area contributed by atoms with Crippen molar-refractivity contribution in [2.45, 2.75) is 19.2 Å². The smallest absolute Gasteiger partial charge is 0.231 e. The van der Waals surface area contributed by atoms with Crippen molar-refractivity contribution < 1.29 is 9.47 Å². The summed E-state index contributed by atoms with van der Waals surface area (Å²) in [6.45, 7) is 4.51. The molecule has 0 N–H and O–H groups in total. The lowest BCUT2D eigenvalue weighted by atomic mass is 10.0. The average Bonchev–Trinajstić information content (AvgIpc) is 2.62. The highest BCUT2D eigenvalue weighted by Crippen LogP contribution is 2.37. The Bertz CT molecular complexity index is 336. The molecular weight excluding hydrogens is 200 g/mol. The van der Waals surface area contributed by atoms with E-state index in [1.807, 2.05) is 18.2 Å². The third-order valence-electron chi connectivity index (χ3n) is 2.30. The van der Waals surface area contributed by atoms with Gasteiger partial charge in [0.2, 0.25) is 6.79 Å². The van der Waals surface area contributed by atoms with Gasteiger partial charge in [0.25, 0.3) is 0 Å². The van der Waals surface area contributed by atoms with Gasteiger partial charge in [-0.3, -0.25) is 0 Å². The van der Waals surface area contributed by atoms with Gasteiger partial charge in [0.05, 0.1) is 5.38 Å². The highest BCUT2D eigenvalue weighted by Gasteiger charge is 2.18. The van der Waals surface area contributed by atoms with Crippen molar-refractivity contribution in [1.82, 2.24) is 0 Å². The normalized spacial score (nSPS) is 16.0. The number of halogens is 1. The molecule has 14 heavy (non-hydrogen) atoms. The number of alkyl halides is 1. The van der Waals surface area contributed by atoms with E-state index in [-0.39, 0.29) is 5.38 Å². The van der Waals surface area contributed by atoms with Crippen LogP contribution in [-0.2, 0) is 0 Å². The zero-order chi connectivity index (χ0) is 10.1. The van der Waals surface area contributed by atoms with Crippen LogP contribution in [-0.4, -0.2) is 6.79 Å². The van der Waals surface area contributed by atoms with E-state index in [9.17, 15) is 0 Å². The summed E-state index contributed by atoms with van der Waals surface area (Å²) in [5.74, 6) is 2.02. The molecular formula is C11H13ClO2. The fourth-order valence-corrected chi connectivity index (χ4v) is 1.61. The molecule has 0 spiro atoms. The zero-order valence-corrected chi connectivity index (χ0v) is 9.04. The van der Waals surface area contributed by atoms with E-state index < -0.39 is 0 Å². The van der Waals surface area contributed by atoms with Gasteiger partial charge in [0.15, 0.2) is 11.5 Å². The van der Waals surface area contributed by atoms with Gasteiger partial charge in [-0.1, -0.05) is 19.9 Å². The van der Waals surface area contributed by atoms with Crippen LogP contribution >= 0.6 is 11.6 Å². The second kappa shape index (κ2) is 3.70. The maximum atomic E-state index is 6.25. The van der Waals surface area contributed by atoms with Crippen LogP contribution in [0.4, 0.5) is 0 Å². The van der Waals surface area contributed by atoms with Crippen molar-refractivity contribution in [2.24, 2.45) is 5.92 Å². The Morgan fingerprint density at radius 1 is 1.21 bits per heavy atom.